The molecule has 0 radical (unpaired) electrons. The van der Waals surface area contributed by atoms with E-state index in [1.807, 2.05) is 6.07 Å². The van der Waals surface area contributed by atoms with E-state index < -0.39 is 0 Å². The van der Waals surface area contributed by atoms with Crippen LogP contribution in [0.25, 0.3) is 11.3 Å². The number of hydrogen-bond donors (Lipinski definition) is 1. The van der Waals surface area contributed by atoms with Crippen molar-refractivity contribution >= 4 is 11.5 Å². The molecule has 1 aromatic carbocycles. The Labute approximate surface area is 130 Å². The van der Waals surface area contributed by atoms with E-state index >= 15 is 0 Å². The SMILES string of the molecule is CN1CCOc2ccc3c(c21)CC(C)(C)c1c(N)ncnc1-3. The number of rotatable bonds is 0. The average Bonchev–Trinajstić information content (AvgIpc) is 2.46. The van der Waals surface area contributed by atoms with Crippen LogP contribution < -0.4 is 15.4 Å². The molecule has 4 rings (SSSR count). The van der Waals surface area contributed by atoms with E-state index in [2.05, 4.69) is 41.8 Å². The lowest BCUT2D eigenvalue weighted by atomic mass is 9.71. The Morgan fingerprint density at radius 2 is 2.09 bits per heavy atom. The van der Waals surface area contributed by atoms with Gasteiger partial charge in [-0.25, -0.2) is 9.97 Å². The Hall–Kier alpha value is -2.30. The van der Waals surface area contributed by atoms with Crippen molar-refractivity contribution in [3.8, 4) is 17.0 Å². The van der Waals surface area contributed by atoms with Crippen LogP contribution in [0, 0.1) is 0 Å². The number of likely N-dealkylation sites (N-methyl/N-ethyl adjacent to an activating group) is 1. The number of fused-ring (bicyclic) bond motifs is 5. The van der Waals surface area contributed by atoms with Crippen molar-refractivity contribution in [2.45, 2.75) is 25.7 Å². The van der Waals surface area contributed by atoms with Crippen LogP contribution in [0.15, 0.2) is 18.5 Å². The molecule has 0 bridgehead atoms. The topological polar surface area (TPSA) is 64.3 Å². The van der Waals surface area contributed by atoms with E-state index in [-0.39, 0.29) is 5.41 Å². The number of nitrogens with zero attached hydrogens (tertiary/aromatic N) is 3. The molecule has 2 aliphatic rings. The van der Waals surface area contributed by atoms with Gasteiger partial charge in [0, 0.05) is 18.2 Å². The maximum Gasteiger partial charge on any atom is 0.143 e. The minimum atomic E-state index is -0.0961. The fourth-order valence-electron chi connectivity index (χ4n) is 3.76. The highest BCUT2D eigenvalue weighted by molar-refractivity contribution is 5.83. The molecule has 2 aromatic rings. The summed E-state index contributed by atoms with van der Waals surface area (Å²) in [5.41, 5.74) is 11.7. The molecule has 2 N–H and O–H groups in total. The third kappa shape index (κ3) is 1.71. The molecule has 5 nitrogen and oxygen atoms in total. The summed E-state index contributed by atoms with van der Waals surface area (Å²) in [5, 5.41) is 0. The van der Waals surface area contributed by atoms with Gasteiger partial charge in [-0.2, -0.15) is 0 Å². The van der Waals surface area contributed by atoms with Gasteiger partial charge in [0.2, 0.25) is 0 Å². The maximum atomic E-state index is 6.15. The average molecular weight is 296 g/mol. The minimum Gasteiger partial charge on any atom is -0.490 e. The van der Waals surface area contributed by atoms with Crippen molar-refractivity contribution in [3.63, 3.8) is 0 Å². The van der Waals surface area contributed by atoms with Gasteiger partial charge in [-0.3, -0.25) is 0 Å². The zero-order valence-electron chi connectivity index (χ0n) is 13.2. The fourth-order valence-corrected chi connectivity index (χ4v) is 3.76. The van der Waals surface area contributed by atoms with E-state index in [1.165, 1.54) is 11.3 Å². The van der Waals surface area contributed by atoms with E-state index in [1.54, 1.807) is 6.33 Å². The third-order valence-electron chi connectivity index (χ3n) is 4.74. The summed E-state index contributed by atoms with van der Waals surface area (Å²) in [6.45, 7) is 6.05. The number of nitrogen functional groups attached to an aromatic ring is 1. The number of anilines is 2. The fraction of sp³-hybridized carbons (Fsp3) is 0.412. The van der Waals surface area contributed by atoms with Gasteiger partial charge >= 0.3 is 0 Å². The van der Waals surface area contributed by atoms with Crippen molar-refractivity contribution in [2.75, 3.05) is 30.8 Å². The Bertz CT molecular complexity index is 769. The van der Waals surface area contributed by atoms with Crippen LogP contribution in [0.2, 0.25) is 0 Å². The molecule has 0 saturated carbocycles. The van der Waals surface area contributed by atoms with Gasteiger partial charge in [0.05, 0.1) is 17.9 Å². The van der Waals surface area contributed by atoms with E-state index in [9.17, 15) is 0 Å². The molecule has 0 saturated heterocycles. The number of hydrogen-bond acceptors (Lipinski definition) is 5. The first-order valence-corrected chi connectivity index (χ1v) is 7.60. The predicted octanol–water partition coefficient (Wildman–Crippen LogP) is 2.39. The highest BCUT2D eigenvalue weighted by atomic mass is 16.5. The van der Waals surface area contributed by atoms with Crippen molar-refractivity contribution < 1.29 is 4.74 Å². The summed E-state index contributed by atoms with van der Waals surface area (Å²) in [6.07, 6.45) is 2.46. The molecule has 114 valence electrons. The van der Waals surface area contributed by atoms with Gasteiger partial charge in [0.25, 0.3) is 0 Å². The second-order valence-corrected chi connectivity index (χ2v) is 6.75. The number of benzene rings is 1. The summed E-state index contributed by atoms with van der Waals surface area (Å²) in [7, 11) is 2.12. The molecule has 1 aromatic heterocycles. The molecule has 5 heteroatoms. The highest BCUT2D eigenvalue weighted by Crippen LogP contribution is 2.49. The Kier molecular flexibility index (Phi) is 2.64. The Morgan fingerprint density at radius 3 is 2.91 bits per heavy atom. The zero-order chi connectivity index (χ0) is 15.5. The first-order chi connectivity index (χ1) is 10.5. The van der Waals surface area contributed by atoms with Gasteiger partial charge in [0.1, 0.15) is 24.5 Å². The van der Waals surface area contributed by atoms with Gasteiger partial charge in [-0.15, -0.1) is 0 Å². The lowest BCUT2D eigenvalue weighted by Crippen LogP contribution is -2.33. The second-order valence-electron chi connectivity index (χ2n) is 6.75. The van der Waals surface area contributed by atoms with Gasteiger partial charge in [-0.1, -0.05) is 13.8 Å². The molecule has 0 unspecified atom stereocenters. The predicted molar refractivity (Wildman–Crippen MR) is 87.4 cm³/mol. The highest BCUT2D eigenvalue weighted by Gasteiger charge is 2.37. The van der Waals surface area contributed by atoms with Crippen LogP contribution in [0.4, 0.5) is 11.5 Å². The van der Waals surface area contributed by atoms with E-state index in [4.69, 9.17) is 10.5 Å². The molecule has 0 fully saturated rings. The molecular formula is C17H20N4O. The number of nitrogens with two attached hydrogens (primary N) is 1. The smallest absolute Gasteiger partial charge is 0.143 e. The zero-order valence-corrected chi connectivity index (χ0v) is 13.2. The molecule has 1 aliphatic heterocycles. The first-order valence-electron chi connectivity index (χ1n) is 7.60. The van der Waals surface area contributed by atoms with Crippen LogP contribution in [0.1, 0.15) is 25.0 Å². The summed E-state index contributed by atoms with van der Waals surface area (Å²) < 4.78 is 5.84. The van der Waals surface area contributed by atoms with Crippen molar-refractivity contribution in [3.05, 3.63) is 29.6 Å². The lowest BCUT2D eigenvalue weighted by Gasteiger charge is -2.38. The van der Waals surface area contributed by atoms with Crippen LogP contribution in [0.5, 0.6) is 5.75 Å². The molecule has 0 atom stereocenters. The summed E-state index contributed by atoms with van der Waals surface area (Å²) in [4.78, 5) is 11.0. The van der Waals surface area contributed by atoms with Crippen LogP contribution in [0.3, 0.4) is 0 Å². The van der Waals surface area contributed by atoms with Crippen LogP contribution in [-0.2, 0) is 11.8 Å². The monoisotopic (exact) mass is 296 g/mol. The molecular weight excluding hydrogens is 276 g/mol. The minimum absolute atomic E-state index is 0.0961. The molecule has 22 heavy (non-hydrogen) atoms. The number of ether oxygens (including phenoxy) is 1. The second kappa shape index (κ2) is 4.35. The molecule has 0 spiro atoms. The van der Waals surface area contributed by atoms with Crippen molar-refractivity contribution in [1.29, 1.82) is 0 Å². The molecule has 2 heterocycles. The Balaban J connectivity index is 2.04. The third-order valence-corrected chi connectivity index (χ3v) is 4.74. The van der Waals surface area contributed by atoms with Gasteiger partial charge < -0.3 is 15.4 Å². The normalized spacial score (nSPS) is 18.0. The first kappa shape index (κ1) is 13.4. The standard InChI is InChI=1S/C17H20N4O/c1-17(2)8-11-10(14-13(17)16(18)20-9-19-14)4-5-12-15(11)21(3)6-7-22-12/h4-5,9H,6-8H2,1-3H3,(H2,18,19,20). The molecule has 1 aliphatic carbocycles. The van der Waals surface area contributed by atoms with Crippen LogP contribution in [-0.4, -0.2) is 30.2 Å². The number of aromatic nitrogens is 2. The van der Waals surface area contributed by atoms with Crippen molar-refractivity contribution in [2.24, 2.45) is 0 Å². The van der Waals surface area contributed by atoms with E-state index in [0.717, 1.165) is 42.1 Å². The van der Waals surface area contributed by atoms with E-state index in [0.29, 0.717) is 5.82 Å². The quantitative estimate of drug-likeness (QED) is 0.808. The van der Waals surface area contributed by atoms with Gasteiger partial charge in [-0.05, 0) is 29.5 Å². The Morgan fingerprint density at radius 1 is 1.27 bits per heavy atom. The van der Waals surface area contributed by atoms with Crippen molar-refractivity contribution in [1.82, 2.24) is 9.97 Å². The lowest BCUT2D eigenvalue weighted by molar-refractivity contribution is 0.310. The summed E-state index contributed by atoms with van der Waals surface area (Å²) in [6, 6.07) is 4.15. The summed E-state index contributed by atoms with van der Waals surface area (Å²) >= 11 is 0. The largest absolute Gasteiger partial charge is 0.490 e. The van der Waals surface area contributed by atoms with Gasteiger partial charge in [0.15, 0.2) is 0 Å². The maximum absolute atomic E-state index is 6.15. The summed E-state index contributed by atoms with van der Waals surface area (Å²) in [5.74, 6) is 1.55. The van der Waals surface area contributed by atoms with Crippen LogP contribution >= 0.6 is 0 Å². The molecule has 0 amide bonds.